The first-order valence-electron chi connectivity index (χ1n) is 11.0. The molecule has 0 spiro atoms. The van der Waals surface area contributed by atoms with Crippen LogP contribution in [0, 0.1) is 11.6 Å². The van der Waals surface area contributed by atoms with Crippen LogP contribution in [0.4, 0.5) is 14.5 Å². The van der Waals surface area contributed by atoms with Gasteiger partial charge in [-0.05, 0) is 68.2 Å². The second-order valence-electron chi connectivity index (χ2n) is 8.26. The highest BCUT2D eigenvalue weighted by atomic mass is 19.1. The molecule has 1 unspecified atom stereocenters. The Kier molecular flexibility index (Phi) is 7.97. The van der Waals surface area contributed by atoms with Gasteiger partial charge in [0.2, 0.25) is 5.91 Å². The molecule has 1 aliphatic rings. The first kappa shape index (κ1) is 22.4. The molecule has 0 N–H and O–H groups in total. The van der Waals surface area contributed by atoms with Gasteiger partial charge >= 0.3 is 0 Å². The number of amides is 1. The Morgan fingerprint density at radius 1 is 1.07 bits per heavy atom. The van der Waals surface area contributed by atoms with E-state index in [9.17, 15) is 13.6 Å². The predicted molar refractivity (Wildman–Crippen MR) is 118 cm³/mol. The molecule has 0 aliphatic carbocycles. The van der Waals surface area contributed by atoms with Gasteiger partial charge in [-0.3, -0.25) is 4.79 Å². The Bertz CT molecular complexity index is 838. The zero-order chi connectivity index (χ0) is 21.5. The van der Waals surface area contributed by atoms with Crippen molar-refractivity contribution in [1.29, 1.82) is 0 Å². The summed E-state index contributed by atoms with van der Waals surface area (Å²) in [5.74, 6) is -0.561. The number of benzene rings is 2. The van der Waals surface area contributed by atoms with Crippen LogP contribution in [0.2, 0.25) is 0 Å². The average molecular weight is 415 g/mol. The van der Waals surface area contributed by atoms with Gasteiger partial charge < -0.3 is 9.80 Å². The second-order valence-corrected chi connectivity index (χ2v) is 8.26. The van der Waals surface area contributed by atoms with Crippen LogP contribution in [0.25, 0.3) is 0 Å². The minimum atomic E-state index is -0.344. The van der Waals surface area contributed by atoms with Gasteiger partial charge in [-0.2, -0.15) is 0 Å². The minimum absolute atomic E-state index is 0.0238. The van der Waals surface area contributed by atoms with E-state index in [1.807, 2.05) is 7.05 Å². The van der Waals surface area contributed by atoms with E-state index in [-0.39, 0.29) is 23.5 Å². The van der Waals surface area contributed by atoms with Crippen molar-refractivity contribution in [1.82, 2.24) is 4.90 Å². The Morgan fingerprint density at radius 2 is 1.80 bits per heavy atom. The third-order valence-corrected chi connectivity index (χ3v) is 5.96. The van der Waals surface area contributed by atoms with Gasteiger partial charge in [0.05, 0.1) is 5.69 Å². The van der Waals surface area contributed by atoms with E-state index < -0.39 is 0 Å². The molecule has 5 heteroatoms. The van der Waals surface area contributed by atoms with Crippen molar-refractivity contribution >= 4 is 11.6 Å². The van der Waals surface area contributed by atoms with Gasteiger partial charge in [0.25, 0.3) is 0 Å². The van der Waals surface area contributed by atoms with Crippen LogP contribution in [0.15, 0.2) is 42.5 Å². The van der Waals surface area contributed by atoms with E-state index in [2.05, 4.69) is 11.8 Å². The van der Waals surface area contributed by atoms with Gasteiger partial charge in [0.1, 0.15) is 11.6 Å². The van der Waals surface area contributed by atoms with Crippen LogP contribution in [0.1, 0.15) is 62.5 Å². The van der Waals surface area contributed by atoms with E-state index in [0.717, 1.165) is 36.9 Å². The molecule has 30 heavy (non-hydrogen) atoms. The van der Waals surface area contributed by atoms with Crippen LogP contribution in [-0.2, 0) is 4.79 Å². The smallest absolute Gasteiger partial charge is 0.228 e. The molecule has 0 saturated heterocycles. The van der Waals surface area contributed by atoms with Crippen LogP contribution < -0.4 is 4.90 Å². The lowest BCUT2D eigenvalue weighted by molar-refractivity contribution is -0.118. The van der Waals surface area contributed by atoms with E-state index in [1.165, 1.54) is 37.1 Å². The molecule has 0 aromatic heterocycles. The lowest BCUT2D eigenvalue weighted by atomic mass is 9.87. The Labute approximate surface area is 178 Å². The lowest BCUT2D eigenvalue weighted by Crippen LogP contribution is -2.34. The van der Waals surface area contributed by atoms with Gasteiger partial charge in [-0.15, -0.1) is 0 Å². The standard InChI is InChI=1S/C25H32F2N2O/c1-3-4-5-15-28(2)17-14-25(30)29-16-6-7-22(19-8-10-20(26)11-9-19)23-13-12-21(27)18-24(23)29/h8-13,18,22H,3-7,14-17H2,1-2H3. The van der Waals surface area contributed by atoms with Gasteiger partial charge in [-0.25, -0.2) is 8.78 Å². The monoisotopic (exact) mass is 414 g/mol. The van der Waals surface area contributed by atoms with Crippen molar-refractivity contribution in [3.8, 4) is 0 Å². The molecule has 0 saturated carbocycles. The van der Waals surface area contributed by atoms with E-state index in [4.69, 9.17) is 0 Å². The first-order valence-corrected chi connectivity index (χ1v) is 11.0. The molecule has 0 radical (unpaired) electrons. The SMILES string of the molecule is CCCCCN(C)CCC(=O)N1CCCC(c2ccc(F)cc2)c2ccc(F)cc21. The summed E-state index contributed by atoms with van der Waals surface area (Å²) < 4.78 is 27.5. The molecular formula is C25H32F2N2O. The average Bonchev–Trinajstić information content (AvgIpc) is 2.92. The summed E-state index contributed by atoms with van der Waals surface area (Å²) >= 11 is 0. The second kappa shape index (κ2) is 10.7. The normalized spacial score (nSPS) is 16.4. The van der Waals surface area contributed by atoms with E-state index in [0.29, 0.717) is 25.2 Å². The maximum Gasteiger partial charge on any atom is 0.228 e. The third-order valence-electron chi connectivity index (χ3n) is 5.96. The fourth-order valence-corrected chi connectivity index (χ4v) is 4.24. The number of hydrogen-bond acceptors (Lipinski definition) is 2. The Morgan fingerprint density at radius 3 is 2.53 bits per heavy atom. The topological polar surface area (TPSA) is 23.6 Å². The summed E-state index contributed by atoms with van der Waals surface area (Å²) in [6.45, 7) is 4.44. The molecule has 2 aromatic carbocycles. The maximum absolute atomic E-state index is 14.1. The molecule has 162 valence electrons. The molecule has 1 amide bonds. The highest BCUT2D eigenvalue weighted by Crippen LogP contribution is 2.39. The summed E-state index contributed by atoms with van der Waals surface area (Å²) in [7, 11) is 2.05. The number of unbranched alkanes of at least 4 members (excludes halogenated alkanes) is 2. The zero-order valence-electron chi connectivity index (χ0n) is 18.0. The van der Waals surface area contributed by atoms with Crippen LogP contribution in [-0.4, -0.2) is 37.5 Å². The van der Waals surface area contributed by atoms with Crippen molar-refractivity contribution in [2.75, 3.05) is 31.6 Å². The molecule has 0 fully saturated rings. The zero-order valence-corrected chi connectivity index (χ0v) is 18.0. The predicted octanol–water partition coefficient (Wildman–Crippen LogP) is 5.74. The fraction of sp³-hybridized carbons (Fsp3) is 0.480. The highest BCUT2D eigenvalue weighted by Gasteiger charge is 2.28. The van der Waals surface area contributed by atoms with Crippen LogP contribution in [0.5, 0.6) is 0 Å². The van der Waals surface area contributed by atoms with Crippen molar-refractivity contribution in [3.05, 3.63) is 65.2 Å². The Hall–Kier alpha value is -2.27. The van der Waals surface area contributed by atoms with E-state index in [1.54, 1.807) is 23.1 Å². The molecule has 3 nitrogen and oxygen atoms in total. The van der Waals surface area contributed by atoms with Gasteiger partial charge in [-0.1, -0.05) is 38.0 Å². The fourth-order valence-electron chi connectivity index (χ4n) is 4.24. The number of carbonyl (C=O) groups is 1. The van der Waals surface area contributed by atoms with Crippen molar-refractivity contribution in [3.63, 3.8) is 0 Å². The van der Waals surface area contributed by atoms with Gasteiger partial charge in [0.15, 0.2) is 0 Å². The molecule has 1 aliphatic heterocycles. The molecule has 1 atom stereocenters. The molecule has 3 rings (SSSR count). The number of carbonyl (C=O) groups excluding carboxylic acids is 1. The maximum atomic E-state index is 14.1. The van der Waals surface area contributed by atoms with Crippen LogP contribution in [0.3, 0.4) is 0 Å². The van der Waals surface area contributed by atoms with Crippen LogP contribution >= 0.6 is 0 Å². The van der Waals surface area contributed by atoms with Gasteiger partial charge in [0, 0.05) is 25.4 Å². The molecular weight excluding hydrogens is 382 g/mol. The van der Waals surface area contributed by atoms with E-state index >= 15 is 0 Å². The summed E-state index contributed by atoms with van der Waals surface area (Å²) in [6, 6.07) is 11.2. The summed E-state index contributed by atoms with van der Waals surface area (Å²) in [5.41, 5.74) is 2.58. The minimum Gasteiger partial charge on any atom is -0.312 e. The highest BCUT2D eigenvalue weighted by molar-refractivity contribution is 5.94. The molecule has 2 aromatic rings. The number of anilines is 1. The third kappa shape index (κ3) is 5.66. The Balaban J connectivity index is 1.78. The number of hydrogen-bond donors (Lipinski definition) is 0. The largest absolute Gasteiger partial charge is 0.312 e. The first-order chi connectivity index (χ1) is 14.5. The molecule has 1 heterocycles. The summed E-state index contributed by atoms with van der Waals surface area (Å²) in [4.78, 5) is 17.0. The lowest BCUT2D eigenvalue weighted by Gasteiger charge is -2.25. The quantitative estimate of drug-likeness (QED) is 0.515. The van der Waals surface area contributed by atoms with Crippen molar-refractivity contribution in [2.24, 2.45) is 0 Å². The van der Waals surface area contributed by atoms with Crippen molar-refractivity contribution in [2.45, 2.75) is 51.4 Å². The van der Waals surface area contributed by atoms with Crippen molar-refractivity contribution < 1.29 is 13.6 Å². The number of fused-ring (bicyclic) bond motifs is 1. The molecule has 0 bridgehead atoms. The number of nitrogens with zero attached hydrogens (tertiary/aromatic N) is 2. The summed E-state index contributed by atoms with van der Waals surface area (Å²) in [6.07, 6.45) is 5.58. The number of halogens is 2. The summed E-state index contributed by atoms with van der Waals surface area (Å²) in [5, 5.41) is 0. The number of rotatable bonds is 8.